The average molecular weight is 192 g/mol. The van der Waals surface area contributed by atoms with E-state index in [4.69, 9.17) is 5.11 Å². The molecule has 0 aliphatic rings. The quantitative estimate of drug-likeness (QED) is 0.732. The van der Waals surface area contributed by atoms with Crippen LogP contribution in [-0.4, -0.2) is 30.2 Å². The monoisotopic (exact) mass is 192 g/mol. The molecule has 1 N–H and O–H groups in total. The number of carbonyl (C=O) groups is 1. The number of hydrogen-bond acceptors (Lipinski definition) is 3. The van der Waals surface area contributed by atoms with Crippen LogP contribution in [0.25, 0.3) is 5.57 Å². The summed E-state index contributed by atoms with van der Waals surface area (Å²) in [6.45, 7) is 3.50. The molecule has 0 bridgehead atoms. The Morgan fingerprint density at radius 1 is 1.57 bits per heavy atom. The summed E-state index contributed by atoms with van der Waals surface area (Å²) in [5, 5.41) is 8.80. The molecule has 1 aromatic heterocycles. The molecule has 0 aliphatic carbocycles. The van der Waals surface area contributed by atoms with Crippen molar-refractivity contribution in [3.8, 4) is 0 Å². The molecule has 0 saturated carbocycles. The molecule has 1 heterocycles. The Hall–Kier alpha value is -1.84. The normalized spacial score (nSPS) is 9.57. The highest BCUT2D eigenvalue weighted by molar-refractivity contribution is 6.15. The van der Waals surface area contributed by atoms with E-state index in [2.05, 4.69) is 11.6 Å². The summed E-state index contributed by atoms with van der Waals surface area (Å²) in [5.41, 5.74) is 0.604. The lowest BCUT2D eigenvalue weighted by Crippen LogP contribution is -2.14. The van der Waals surface area contributed by atoms with Gasteiger partial charge in [0.1, 0.15) is 5.82 Å². The van der Waals surface area contributed by atoms with Crippen LogP contribution in [0, 0.1) is 0 Å². The fourth-order valence-corrected chi connectivity index (χ4v) is 1.10. The summed E-state index contributed by atoms with van der Waals surface area (Å²) in [5.74, 6) is -0.416. The second-order valence-electron chi connectivity index (χ2n) is 3.05. The number of nitrogens with zero attached hydrogens (tertiary/aromatic N) is 2. The number of aromatic nitrogens is 1. The molecule has 0 amide bonds. The van der Waals surface area contributed by atoms with Crippen LogP contribution in [0.5, 0.6) is 0 Å². The third kappa shape index (κ3) is 1.90. The van der Waals surface area contributed by atoms with Gasteiger partial charge >= 0.3 is 5.97 Å². The Bertz CT molecular complexity index is 372. The first-order valence-electron chi connectivity index (χ1n) is 4.09. The largest absolute Gasteiger partial charge is 0.478 e. The molecule has 1 aromatic rings. The molecule has 4 nitrogen and oxygen atoms in total. The maximum atomic E-state index is 10.7. The van der Waals surface area contributed by atoms with Crippen LogP contribution in [0.2, 0.25) is 0 Å². The lowest BCUT2D eigenvalue weighted by atomic mass is 10.1. The zero-order valence-corrected chi connectivity index (χ0v) is 8.19. The lowest BCUT2D eigenvalue weighted by molar-refractivity contribution is -0.130. The van der Waals surface area contributed by atoms with Gasteiger partial charge in [0.2, 0.25) is 0 Å². The fraction of sp³-hybridized carbons (Fsp3) is 0.200. The molecule has 0 radical (unpaired) electrons. The first kappa shape index (κ1) is 10.2. The van der Waals surface area contributed by atoms with Gasteiger partial charge in [-0.15, -0.1) is 0 Å². The summed E-state index contributed by atoms with van der Waals surface area (Å²) in [4.78, 5) is 16.6. The Labute approximate surface area is 82.5 Å². The van der Waals surface area contributed by atoms with E-state index in [1.54, 1.807) is 37.3 Å². The van der Waals surface area contributed by atoms with Crippen LogP contribution < -0.4 is 4.90 Å². The topological polar surface area (TPSA) is 53.4 Å². The molecular formula is C10H12N2O2. The van der Waals surface area contributed by atoms with Crippen molar-refractivity contribution in [1.82, 2.24) is 4.98 Å². The third-order valence-corrected chi connectivity index (χ3v) is 1.79. The molecule has 0 spiro atoms. The number of carboxylic acid groups (broad SMARTS) is 1. The van der Waals surface area contributed by atoms with E-state index >= 15 is 0 Å². The number of aliphatic carboxylic acids is 1. The van der Waals surface area contributed by atoms with Crippen LogP contribution >= 0.6 is 0 Å². The minimum atomic E-state index is -1.03. The standard InChI is InChI=1S/C10H12N2O2/c1-7(10(13)14)8-5-4-6-11-9(8)12(2)3/h4-6H,1H2,2-3H3,(H,13,14). The highest BCUT2D eigenvalue weighted by Gasteiger charge is 2.13. The molecule has 1 rings (SSSR count). The minimum absolute atomic E-state index is 0.0572. The molecule has 74 valence electrons. The van der Waals surface area contributed by atoms with E-state index in [0.717, 1.165) is 0 Å². The van der Waals surface area contributed by atoms with Crippen molar-refractivity contribution in [2.45, 2.75) is 0 Å². The van der Waals surface area contributed by atoms with Crippen molar-refractivity contribution in [2.75, 3.05) is 19.0 Å². The zero-order valence-electron chi connectivity index (χ0n) is 8.19. The minimum Gasteiger partial charge on any atom is -0.478 e. The Morgan fingerprint density at radius 3 is 2.71 bits per heavy atom. The summed E-state index contributed by atoms with van der Waals surface area (Å²) in [6, 6.07) is 3.38. The van der Waals surface area contributed by atoms with Crippen LogP contribution in [0.15, 0.2) is 24.9 Å². The van der Waals surface area contributed by atoms with Gasteiger partial charge in [-0.1, -0.05) is 6.58 Å². The van der Waals surface area contributed by atoms with Crippen molar-refractivity contribution < 1.29 is 9.90 Å². The van der Waals surface area contributed by atoms with Crippen molar-refractivity contribution in [2.24, 2.45) is 0 Å². The number of anilines is 1. The van der Waals surface area contributed by atoms with Crippen molar-refractivity contribution in [1.29, 1.82) is 0 Å². The summed E-state index contributed by atoms with van der Waals surface area (Å²) in [6.07, 6.45) is 1.62. The number of rotatable bonds is 3. The maximum Gasteiger partial charge on any atom is 0.335 e. The molecular weight excluding hydrogens is 180 g/mol. The molecule has 0 fully saturated rings. The van der Waals surface area contributed by atoms with Crippen LogP contribution in [0.1, 0.15) is 5.56 Å². The number of pyridine rings is 1. The molecule has 0 aliphatic heterocycles. The van der Waals surface area contributed by atoms with E-state index in [-0.39, 0.29) is 5.57 Å². The zero-order chi connectivity index (χ0) is 10.7. The molecule has 0 unspecified atom stereocenters. The van der Waals surface area contributed by atoms with E-state index in [1.165, 1.54) is 0 Å². The molecule has 0 aromatic carbocycles. The summed E-state index contributed by atoms with van der Waals surface area (Å²) < 4.78 is 0. The van der Waals surface area contributed by atoms with Gasteiger partial charge in [-0.05, 0) is 12.1 Å². The van der Waals surface area contributed by atoms with Crippen molar-refractivity contribution >= 4 is 17.4 Å². The van der Waals surface area contributed by atoms with Crippen LogP contribution in [-0.2, 0) is 4.79 Å². The molecule has 4 heteroatoms. The SMILES string of the molecule is C=C(C(=O)O)c1cccnc1N(C)C. The second kappa shape index (κ2) is 3.91. The fourth-order valence-electron chi connectivity index (χ4n) is 1.10. The van der Waals surface area contributed by atoms with Gasteiger partial charge in [0, 0.05) is 25.9 Å². The lowest BCUT2D eigenvalue weighted by Gasteiger charge is -2.15. The van der Waals surface area contributed by atoms with Crippen molar-refractivity contribution in [3.05, 3.63) is 30.5 Å². The van der Waals surface area contributed by atoms with Gasteiger partial charge in [-0.25, -0.2) is 9.78 Å². The Morgan fingerprint density at radius 2 is 2.21 bits per heavy atom. The van der Waals surface area contributed by atoms with Gasteiger partial charge in [0.15, 0.2) is 0 Å². The molecule has 14 heavy (non-hydrogen) atoms. The van der Waals surface area contributed by atoms with Gasteiger partial charge in [0.05, 0.1) is 5.57 Å². The van der Waals surface area contributed by atoms with Crippen LogP contribution in [0.3, 0.4) is 0 Å². The predicted octanol–water partition coefficient (Wildman–Crippen LogP) is 1.25. The summed E-state index contributed by atoms with van der Waals surface area (Å²) in [7, 11) is 3.61. The average Bonchev–Trinajstić information content (AvgIpc) is 2.16. The third-order valence-electron chi connectivity index (χ3n) is 1.79. The van der Waals surface area contributed by atoms with Crippen LogP contribution in [0.4, 0.5) is 5.82 Å². The van der Waals surface area contributed by atoms with Crippen molar-refractivity contribution in [3.63, 3.8) is 0 Å². The van der Waals surface area contributed by atoms with E-state index in [1.807, 2.05) is 0 Å². The van der Waals surface area contributed by atoms with Gasteiger partial charge in [-0.3, -0.25) is 0 Å². The van der Waals surface area contributed by atoms with E-state index in [9.17, 15) is 4.79 Å². The smallest absolute Gasteiger partial charge is 0.335 e. The number of hydrogen-bond donors (Lipinski definition) is 1. The van der Waals surface area contributed by atoms with E-state index < -0.39 is 5.97 Å². The number of carboxylic acids is 1. The highest BCUT2D eigenvalue weighted by Crippen LogP contribution is 2.21. The Balaban J connectivity index is 3.20. The first-order valence-corrected chi connectivity index (χ1v) is 4.09. The summed E-state index contributed by atoms with van der Waals surface area (Å²) >= 11 is 0. The molecule has 0 saturated heterocycles. The Kier molecular flexibility index (Phi) is 2.86. The maximum absolute atomic E-state index is 10.7. The predicted molar refractivity (Wildman–Crippen MR) is 55.2 cm³/mol. The van der Waals surface area contributed by atoms with Gasteiger partial charge in [-0.2, -0.15) is 0 Å². The first-order chi connectivity index (χ1) is 6.54. The second-order valence-corrected chi connectivity index (χ2v) is 3.05. The molecule has 0 atom stereocenters. The van der Waals surface area contributed by atoms with Gasteiger partial charge in [0.25, 0.3) is 0 Å². The van der Waals surface area contributed by atoms with Gasteiger partial charge < -0.3 is 10.0 Å². The van der Waals surface area contributed by atoms with E-state index in [0.29, 0.717) is 11.4 Å². The highest BCUT2D eigenvalue weighted by atomic mass is 16.4.